The fraction of sp³-hybridized carbons (Fsp3) is 0.583. The molecule has 1 aromatic rings. The third kappa shape index (κ3) is 2.55. The lowest BCUT2D eigenvalue weighted by Crippen LogP contribution is -2.36. The molecule has 0 spiro atoms. The van der Waals surface area contributed by atoms with E-state index in [0.717, 1.165) is 18.7 Å². The highest BCUT2D eigenvalue weighted by Gasteiger charge is 2.25. The second kappa shape index (κ2) is 4.73. The van der Waals surface area contributed by atoms with Gasteiger partial charge in [-0.25, -0.2) is 0 Å². The van der Waals surface area contributed by atoms with E-state index in [1.165, 1.54) is 0 Å². The molecule has 2 rings (SSSR count). The van der Waals surface area contributed by atoms with E-state index in [4.69, 9.17) is 4.74 Å². The Bertz CT molecular complexity index is 302. The minimum atomic E-state index is 0.292. The molecule has 1 fully saturated rings. The number of nitrogens with zero attached hydrogens (tertiary/aromatic N) is 1. The predicted octanol–water partition coefficient (Wildman–Crippen LogP) is 1.91. The van der Waals surface area contributed by atoms with Crippen molar-refractivity contribution in [3.8, 4) is 0 Å². The molecule has 1 aliphatic heterocycles. The van der Waals surface area contributed by atoms with Crippen molar-refractivity contribution in [3.05, 3.63) is 30.1 Å². The van der Waals surface area contributed by atoms with Gasteiger partial charge in [0, 0.05) is 24.9 Å². The summed E-state index contributed by atoms with van der Waals surface area (Å²) in [7, 11) is 0. The summed E-state index contributed by atoms with van der Waals surface area (Å²) >= 11 is 0. The zero-order chi connectivity index (χ0) is 10.7. The van der Waals surface area contributed by atoms with Gasteiger partial charge in [0.05, 0.1) is 11.8 Å². The van der Waals surface area contributed by atoms with Gasteiger partial charge in [0.25, 0.3) is 0 Å². The Labute approximate surface area is 90.9 Å². The molecule has 0 aromatic carbocycles. The molecule has 1 saturated heterocycles. The summed E-state index contributed by atoms with van der Waals surface area (Å²) in [4.78, 5) is 4.34. The lowest BCUT2D eigenvalue weighted by Gasteiger charge is -2.21. The average molecular weight is 206 g/mol. The number of ether oxygens (including phenoxy) is 1. The van der Waals surface area contributed by atoms with E-state index in [0.29, 0.717) is 18.2 Å². The summed E-state index contributed by atoms with van der Waals surface area (Å²) < 4.78 is 5.52. The molecule has 1 N–H and O–H groups in total. The first-order valence-electron chi connectivity index (χ1n) is 5.56. The zero-order valence-electron chi connectivity index (χ0n) is 9.31. The van der Waals surface area contributed by atoms with Crippen LogP contribution in [0.25, 0.3) is 0 Å². The molecule has 82 valence electrons. The maximum Gasteiger partial charge on any atom is 0.0700 e. The fourth-order valence-electron chi connectivity index (χ4n) is 1.99. The van der Waals surface area contributed by atoms with Gasteiger partial charge in [0.15, 0.2) is 0 Å². The maximum atomic E-state index is 5.52. The first kappa shape index (κ1) is 10.6. The molecule has 3 atom stereocenters. The van der Waals surface area contributed by atoms with Gasteiger partial charge in [-0.05, 0) is 32.4 Å². The molecule has 0 bridgehead atoms. The van der Waals surface area contributed by atoms with Gasteiger partial charge in [-0.2, -0.15) is 0 Å². The Morgan fingerprint density at radius 3 is 3.00 bits per heavy atom. The van der Waals surface area contributed by atoms with Crippen LogP contribution in [0.3, 0.4) is 0 Å². The number of hydrogen-bond donors (Lipinski definition) is 1. The Balaban J connectivity index is 1.95. The van der Waals surface area contributed by atoms with Crippen LogP contribution in [0.5, 0.6) is 0 Å². The Morgan fingerprint density at radius 1 is 1.53 bits per heavy atom. The van der Waals surface area contributed by atoms with Crippen molar-refractivity contribution in [3.63, 3.8) is 0 Å². The van der Waals surface area contributed by atoms with Crippen LogP contribution < -0.4 is 5.32 Å². The third-order valence-corrected chi connectivity index (χ3v) is 2.97. The van der Waals surface area contributed by atoms with Crippen molar-refractivity contribution in [2.24, 2.45) is 0 Å². The molecule has 15 heavy (non-hydrogen) atoms. The van der Waals surface area contributed by atoms with E-state index >= 15 is 0 Å². The highest BCUT2D eigenvalue weighted by Crippen LogP contribution is 2.17. The molecule has 0 aliphatic carbocycles. The Hall–Kier alpha value is -0.930. The summed E-state index contributed by atoms with van der Waals surface area (Å²) in [6.45, 7) is 5.14. The minimum absolute atomic E-state index is 0.292. The molecule has 2 unspecified atom stereocenters. The van der Waals surface area contributed by atoms with Gasteiger partial charge in [-0.15, -0.1) is 0 Å². The second-order valence-electron chi connectivity index (χ2n) is 4.11. The van der Waals surface area contributed by atoms with Crippen molar-refractivity contribution in [2.75, 3.05) is 6.61 Å². The number of rotatable bonds is 3. The van der Waals surface area contributed by atoms with Crippen LogP contribution in [-0.4, -0.2) is 23.7 Å². The summed E-state index contributed by atoms with van der Waals surface area (Å²) in [6.07, 6.45) is 3.25. The predicted molar refractivity (Wildman–Crippen MR) is 59.6 cm³/mol. The molecule has 3 nitrogen and oxygen atoms in total. The van der Waals surface area contributed by atoms with Crippen molar-refractivity contribution >= 4 is 0 Å². The molecule has 3 heteroatoms. The van der Waals surface area contributed by atoms with Crippen molar-refractivity contribution < 1.29 is 4.74 Å². The highest BCUT2D eigenvalue weighted by molar-refractivity contribution is 5.08. The lowest BCUT2D eigenvalue weighted by molar-refractivity contribution is 0.111. The molecule has 2 heterocycles. The lowest BCUT2D eigenvalue weighted by atomic mass is 10.1. The van der Waals surface area contributed by atoms with Crippen LogP contribution in [0.2, 0.25) is 0 Å². The quantitative estimate of drug-likeness (QED) is 0.820. The number of aromatic nitrogens is 1. The van der Waals surface area contributed by atoms with Crippen LogP contribution in [0.1, 0.15) is 32.0 Å². The first-order valence-corrected chi connectivity index (χ1v) is 5.56. The third-order valence-electron chi connectivity index (χ3n) is 2.97. The van der Waals surface area contributed by atoms with Gasteiger partial charge >= 0.3 is 0 Å². The second-order valence-corrected chi connectivity index (χ2v) is 4.11. The first-order chi connectivity index (χ1) is 7.27. The zero-order valence-corrected chi connectivity index (χ0v) is 9.31. The van der Waals surface area contributed by atoms with Gasteiger partial charge in [0.1, 0.15) is 0 Å². The molecular formula is C12H18N2O. The molecule has 1 aliphatic rings. The molecular weight excluding hydrogens is 188 g/mol. The summed E-state index contributed by atoms with van der Waals surface area (Å²) in [5.41, 5.74) is 1.09. The van der Waals surface area contributed by atoms with Crippen molar-refractivity contribution in [1.82, 2.24) is 10.3 Å². The van der Waals surface area contributed by atoms with Crippen LogP contribution >= 0.6 is 0 Å². The van der Waals surface area contributed by atoms with Crippen LogP contribution in [0.4, 0.5) is 0 Å². The van der Waals surface area contributed by atoms with Gasteiger partial charge in [-0.3, -0.25) is 4.98 Å². The SMILES string of the molecule is CC1OCCC1N[C@H](C)c1ccccn1. The molecule has 0 radical (unpaired) electrons. The Kier molecular flexibility index (Phi) is 3.34. The summed E-state index contributed by atoms with van der Waals surface area (Å²) in [5, 5.41) is 3.56. The topological polar surface area (TPSA) is 34.1 Å². The molecule has 1 aromatic heterocycles. The van der Waals surface area contributed by atoms with E-state index in [2.05, 4.69) is 30.2 Å². The van der Waals surface area contributed by atoms with Gasteiger partial charge < -0.3 is 10.1 Å². The van der Waals surface area contributed by atoms with Crippen molar-refractivity contribution in [2.45, 2.75) is 38.5 Å². The maximum absolute atomic E-state index is 5.52. The average Bonchev–Trinajstić information content (AvgIpc) is 2.66. The number of nitrogens with one attached hydrogen (secondary N) is 1. The minimum Gasteiger partial charge on any atom is -0.377 e. The van der Waals surface area contributed by atoms with E-state index in [9.17, 15) is 0 Å². The largest absolute Gasteiger partial charge is 0.377 e. The smallest absolute Gasteiger partial charge is 0.0700 e. The standard InChI is InChI=1S/C12H18N2O/c1-9(11-5-3-4-7-13-11)14-12-6-8-15-10(12)2/h3-5,7,9-10,12,14H,6,8H2,1-2H3/t9-,10?,12?/m1/s1. The monoisotopic (exact) mass is 206 g/mol. The fourth-order valence-corrected chi connectivity index (χ4v) is 1.99. The van der Waals surface area contributed by atoms with E-state index in [1.807, 2.05) is 18.3 Å². The molecule has 0 amide bonds. The van der Waals surface area contributed by atoms with Crippen molar-refractivity contribution in [1.29, 1.82) is 0 Å². The highest BCUT2D eigenvalue weighted by atomic mass is 16.5. The van der Waals surface area contributed by atoms with Gasteiger partial charge in [-0.1, -0.05) is 6.07 Å². The summed E-state index contributed by atoms with van der Waals surface area (Å²) in [5.74, 6) is 0. The normalized spacial score (nSPS) is 27.9. The molecule has 0 saturated carbocycles. The summed E-state index contributed by atoms with van der Waals surface area (Å²) in [6, 6.07) is 6.77. The van der Waals surface area contributed by atoms with Crippen LogP contribution in [0.15, 0.2) is 24.4 Å². The van der Waals surface area contributed by atoms with Gasteiger partial charge in [0.2, 0.25) is 0 Å². The number of hydrogen-bond acceptors (Lipinski definition) is 3. The van der Waals surface area contributed by atoms with Crippen LogP contribution in [0, 0.1) is 0 Å². The van der Waals surface area contributed by atoms with E-state index in [1.54, 1.807) is 0 Å². The van der Waals surface area contributed by atoms with E-state index < -0.39 is 0 Å². The number of pyridine rings is 1. The Morgan fingerprint density at radius 2 is 2.40 bits per heavy atom. The van der Waals surface area contributed by atoms with Crippen LogP contribution in [-0.2, 0) is 4.74 Å². The van der Waals surface area contributed by atoms with E-state index in [-0.39, 0.29) is 0 Å².